The van der Waals surface area contributed by atoms with Gasteiger partial charge in [-0.25, -0.2) is 4.68 Å². The average Bonchev–Trinajstić information content (AvgIpc) is 2.77. The molecule has 2 heterocycles. The van der Waals surface area contributed by atoms with Crippen molar-refractivity contribution in [2.45, 2.75) is 38.8 Å². The van der Waals surface area contributed by atoms with Gasteiger partial charge >= 0.3 is 0 Å². The Bertz CT molecular complexity index is 327. The second kappa shape index (κ2) is 4.87. The molecular formula is C12H21N3O. The van der Waals surface area contributed by atoms with Crippen LogP contribution in [-0.4, -0.2) is 40.9 Å². The molecule has 0 saturated carbocycles. The monoisotopic (exact) mass is 223 g/mol. The van der Waals surface area contributed by atoms with Gasteiger partial charge in [0.05, 0.1) is 19.3 Å². The number of likely N-dealkylation sites (tertiary alicyclic amines) is 1. The van der Waals surface area contributed by atoms with Crippen molar-refractivity contribution < 1.29 is 4.74 Å². The van der Waals surface area contributed by atoms with Crippen LogP contribution in [0.3, 0.4) is 0 Å². The molecule has 4 heteroatoms. The summed E-state index contributed by atoms with van der Waals surface area (Å²) >= 11 is 0. The highest BCUT2D eigenvalue weighted by Crippen LogP contribution is 2.26. The summed E-state index contributed by atoms with van der Waals surface area (Å²) in [6.45, 7) is 6.83. The molecule has 1 aliphatic heterocycles. The summed E-state index contributed by atoms with van der Waals surface area (Å²) in [5.41, 5.74) is 0. The Hall–Kier alpha value is -1.03. The molecular weight excluding hydrogens is 202 g/mol. The van der Waals surface area contributed by atoms with Gasteiger partial charge in [-0.3, -0.25) is 0 Å². The molecule has 0 amide bonds. The Labute approximate surface area is 97.2 Å². The number of aromatic nitrogens is 2. The molecule has 0 N–H and O–H groups in total. The van der Waals surface area contributed by atoms with Gasteiger partial charge in [-0.1, -0.05) is 0 Å². The molecule has 1 fully saturated rings. The Morgan fingerprint density at radius 3 is 2.62 bits per heavy atom. The van der Waals surface area contributed by atoms with Crippen molar-refractivity contribution in [3.05, 3.63) is 12.3 Å². The number of methoxy groups -OCH3 is 1. The van der Waals surface area contributed by atoms with Gasteiger partial charge in [0.25, 0.3) is 0 Å². The quantitative estimate of drug-likeness (QED) is 0.784. The molecule has 1 aliphatic rings. The molecule has 16 heavy (non-hydrogen) atoms. The van der Waals surface area contributed by atoms with Crippen molar-refractivity contribution in [2.24, 2.45) is 0 Å². The van der Waals surface area contributed by atoms with E-state index in [9.17, 15) is 0 Å². The molecule has 0 bridgehead atoms. The fourth-order valence-electron chi connectivity index (χ4n) is 2.38. The lowest BCUT2D eigenvalue weighted by atomic mass is 10.0. The number of hydrogen-bond donors (Lipinski definition) is 0. The van der Waals surface area contributed by atoms with Gasteiger partial charge < -0.3 is 9.64 Å². The third-order valence-electron chi connectivity index (χ3n) is 3.42. The van der Waals surface area contributed by atoms with E-state index in [0.29, 0.717) is 12.1 Å². The first-order chi connectivity index (χ1) is 7.72. The van der Waals surface area contributed by atoms with Gasteiger partial charge in [0.2, 0.25) is 5.88 Å². The van der Waals surface area contributed by atoms with Crippen LogP contribution in [0.25, 0.3) is 0 Å². The molecule has 0 aliphatic carbocycles. The maximum absolute atomic E-state index is 5.30. The van der Waals surface area contributed by atoms with Crippen molar-refractivity contribution in [2.75, 3.05) is 20.2 Å². The summed E-state index contributed by atoms with van der Waals surface area (Å²) in [5.74, 6) is 0.878. The molecule has 0 aromatic carbocycles. The van der Waals surface area contributed by atoms with Crippen LogP contribution in [0, 0.1) is 0 Å². The van der Waals surface area contributed by atoms with E-state index in [1.165, 1.54) is 0 Å². The third kappa shape index (κ3) is 2.21. The van der Waals surface area contributed by atoms with Gasteiger partial charge in [-0.05, 0) is 26.7 Å². The van der Waals surface area contributed by atoms with Crippen molar-refractivity contribution >= 4 is 0 Å². The normalized spacial score (nSPS) is 19.2. The van der Waals surface area contributed by atoms with E-state index in [1.54, 1.807) is 7.11 Å². The third-order valence-corrected chi connectivity index (χ3v) is 3.42. The summed E-state index contributed by atoms with van der Waals surface area (Å²) in [6, 6.07) is 3.08. The van der Waals surface area contributed by atoms with E-state index < -0.39 is 0 Å². The van der Waals surface area contributed by atoms with Crippen LogP contribution in [0.15, 0.2) is 12.3 Å². The van der Waals surface area contributed by atoms with E-state index in [0.717, 1.165) is 31.8 Å². The molecule has 0 spiro atoms. The Morgan fingerprint density at radius 1 is 1.38 bits per heavy atom. The molecule has 1 aromatic rings. The van der Waals surface area contributed by atoms with Gasteiger partial charge in [-0.15, -0.1) is 0 Å². The maximum atomic E-state index is 5.30. The first-order valence-electron chi connectivity index (χ1n) is 6.04. The second-order valence-corrected chi connectivity index (χ2v) is 4.68. The molecule has 1 saturated heterocycles. The number of nitrogens with zero attached hydrogens (tertiary/aromatic N) is 3. The molecule has 0 unspecified atom stereocenters. The zero-order valence-corrected chi connectivity index (χ0v) is 10.4. The highest BCUT2D eigenvalue weighted by atomic mass is 16.5. The van der Waals surface area contributed by atoms with E-state index in [2.05, 4.69) is 23.8 Å². The Kier molecular flexibility index (Phi) is 3.49. The predicted octanol–water partition coefficient (Wildman–Crippen LogP) is 1.94. The minimum atomic E-state index is 0.500. The molecule has 2 rings (SSSR count). The van der Waals surface area contributed by atoms with Crippen LogP contribution in [0.2, 0.25) is 0 Å². The minimum absolute atomic E-state index is 0.500. The van der Waals surface area contributed by atoms with Crippen molar-refractivity contribution in [3.63, 3.8) is 0 Å². The highest BCUT2D eigenvalue weighted by Gasteiger charge is 2.23. The van der Waals surface area contributed by atoms with Gasteiger partial charge in [0, 0.05) is 25.2 Å². The number of piperidine rings is 1. The van der Waals surface area contributed by atoms with E-state index in [1.807, 2.05) is 16.9 Å². The topological polar surface area (TPSA) is 30.3 Å². The van der Waals surface area contributed by atoms with Crippen LogP contribution in [-0.2, 0) is 0 Å². The minimum Gasteiger partial charge on any atom is -0.481 e. The largest absolute Gasteiger partial charge is 0.481 e. The maximum Gasteiger partial charge on any atom is 0.211 e. The molecule has 90 valence electrons. The predicted molar refractivity (Wildman–Crippen MR) is 63.8 cm³/mol. The molecule has 4 nitrogen and oxygen atoms in total. The van der Waals surface area contributed by atoms with E-state index in [-0.39, 0.29) is 0 Å². The zero-order chi connectivity index (χ0) is 11.5. The lowest BCUT2D eigenvalue weighted by molar-refractivity contribution is 0.142. The fourth-order valence-corrected chi connectivity index (χ4v) is 2.38. The van der Waals surface area contributed by atoms with Gasteiger partial charge in [0.1, 0.15) is 0 Å². The fraction of sp³-hybridized carbons (Fsp3) is 0.750. The van der Waals surface area contributed by atoms with E-state index in [4.69, 9.17) is 4.74 Å². The van der Waals surface area contributed by atoms with Crippen molar-refractivity contribution in [3.8, 4) is 5.88 Å². The first-order valence-corrected chi connectivity index (χ1v) is 6.04. The zero-order valence-electron chi connectivity index (χ0n) is 10.4. The number of rotatable bonds is 3. The summed E-state index contributed by atoms with van der Waals surface area (Å²) in [4.78, 5) is 2.52. The Balaban J connectivity index is 1.99. The summed E-state index contributed by atoms with van der Waals surface area (Å²) in [5, 5.41) is 4.35. The summed E-state index contributed by atoms with van der Waals surface area (Å²) in [7, 11) is 1.71. The van der Waals surface area contributed by atoms with Crippen LogP contribution in [0.1, 0.15) is 32.7 Å². The number of ether oxygens (including phenoxy) is 1. The van der Waals surface area contributed by atoms with E-state index >= 15 is 0 Å². The molecule has 1 aromatic heterocycles. The molecule has 0 atom stereocenters. The average molecular weight is 223 g/mol. The Morgan fingerprint density at radius 2 is 2.06 bits per heavy atom. The van der Waals surface area contributed by atoms with Gasteiger partial charge in [-0.2, -0.15) is 5.10 Å². The number of hydrogen-bond acceptors (Lipinski definition) is 3. The SMILES string of the molecule is COc1ccnn1C1CCN(C(C)C)CC1. The lowest BCUT2D eigenvalue weighted by Crippen LogP contribution is -2.39. The van der Waals surface area contributed by atoms with Crippen molar-refractivity contribution in [1.82, 2.24) is 14.7 Å². The second-order valence-electron chi connectivity index (χ2n) is 4.68. The summed E-state index contributed by atoms with van der Waals surface area (Å²) < 4.78 is 7.33. The summed E-state index contributed by atoms with van der Waals surface area (Å²) in [6.07, 6.45) is 4.14. The van der Waals surface area contributed by atoms with Gasteiger partial charge in [0.15, 0.2) is 0 Å². The van der Waals surface area contributed by atoms with Crippen LogP contribution in [0.5, 0.6) is 5.88 Å². The molecule has 0 radical (unpaired) electrons. The lowest BCUT2D eigenvalue weighted by Gasteiger charge is -2.34. The smallest absolute Gasteiger partial charge is 0.211 e. The highest BCUT2D eigenvalue weighted by molar-refractivity contribution is 5.09. The van der Waals surface area contributed by atoms with Crippen LogP contribution >= 0.6 is 0 Å². The first kappa shape index (κ1) is 11.5. The standard InChI is InChI=1S/C12H21N3O/c1-10(2)14-8-5-11(6-9-14)15-12(16-3)4-7-13-15/h4,7,10-11H,5-6,8-9H2,1-3H3. The van der Waals surface area contributed by atoms with Crippen molar-refractivity contribution in [1.29, 1.82) is 0 Å². The van der Waals surface area contributed by atoms with Crippen LogP contribution in [0.4, 0.5) is 0 Å². The van der Waals surface area contributed by atoms with Crippen LogP contribution < -0.4 is 4.74 Å².